The summed E-state index contributed by atoms with van der Waals surface area (Å²) in [5.74, 6) is -2.51. The van der Waals surface area contributed by atoms with E-state index >= 15 is 0 Å². The van der Waals surface area contributed by atoms with Gasteiger partial charge in [-0.3, -0.25) is 4.79 Å². The maximum Gasteiger partial charge on any atom is 0.425 e. The molecule has 0 aliphatic rings. The second-order valence-electron chi connectivity index (χ2n) is 8.92. The fourth-order valence-corrected chi connectivity index (χ4v) is 3.22. The van der Waals surface area contributed by atoms with Crippen LogP contribution in [0.15, 0.2) is 30.5 Å². The Hall–Kier alpha value is -3.07. The molecule has 2 atom stereocenters. The van der Waals surface area contributed by atoms with Crippen LogP contribution in [0.25, 0.3) is 10.9 Å². The van der Waals surface area contributed by atoms with Crippen LogP contribution in [0.2, 0.25) is 0 Å². The van der Waals surface area contributed by atoms with Crippen molar-refractivity contribution in [2.24, 2.45) is 5.92 Å². The molecule has 31 heavy (non-hydrogen) atoms. The zero-order chi connectivity index (χ0) is 23.3. The summed E-state index contributed by atoms with van der Waals surface area (Å²) in [5.41, 5.74) is 3.34. The predicted molar refractivity (Wildman–Crippen MR) is 116 cm³/mol. The van der Waals surface area contributed by atoms with Crippen LogP contribution in [0.5, 0.6) is 0 Å². The molecule has 2 rings (SSSR count). The highest BCUT2D eigenvalue weighted by atomic mass is 16.6. The summed E-state index contributed by atoms with van der Waals surface area (Å²) >= 11 is 0. The first kappa shape index (κ1) is 24.2. The second-order valence-corrected chi connectivity index (χ2v) is 8.92. The van der Waals surface area contributed by atoms with Gasteiger partial charge in [-0.15, -0.1) is 0 Å². The Labute approximate surface area is 181 Å². The topological polar surface area (TPSA) is 132 Å². The first-order chi connectivity index (χ1) is 14.4. The van der Waals surface area contributed by atoms with Gasteiger partial charge in [0.2, 0.25) is 0 Å². The van der Waals surface area contributed by atoms with E-state index in [1.54, 1.807) is 27.0 Å². The number of carboxylic acids is 2. The average Bonchev–Trinajstić information content (AvgIpc) is 3.04. The van der Waals surface area contributed by atoms with Crippen LogP contribution in [-0.4, -0.2) is 55.9 Å². The number of hydrazine groups is 1. The van der Waals surface area contributed by atoms with Gasteiger partial charge in [0, 0.05) is 23.5 Å². The SMILES string of the molecule is CC(C)C[C@@H](C(=O)O)N(N[C@@H](Cc1c[nH]c2ccccc12)C(=O)O)C(=O)OC(C)(C)C. The molecule has 0 saturated carbocycles. The Kier molecular flexibility index (Phi) is 7.67. The van der Waals surface area contributed by atoms with Crippen LogP contribution >= 0.6 is 0 Å². The molecule has 4 N–H and O–H groups in total. The normalized spacial score (nSPS) is 13.7. The predicted octanol–water partition coefficient (Wildman–Crippen LogP) is 3.40. The third kappa shape index (κ3) is 6.71. The number of nitrogens with zero attached hydrogens (tertiary/aromatic N) is 1. The van der Waals surface area contributed by atoms with Crippen LogP contribution in [0, 0.1) is 5.92 Å². The van der Waals surface area contributed by atoms with Crippen LogP contribution < -0.4 is 5.43 Å². The molecular formula is C22H31N3O6. The molecule has 2 aromatic rings. The van der Waals surface area contributed by atoms with Crippen molar-refractivity contribution in [3.05, 3.63) is 36.0 Å². The molecule has 1 aromatic heterocycles. The summed E-state index contributed by atoms with van der Waals surface area (Å²) in [7, 11) is 0. The van der Waals surface area contributed by atoms with Crippen molar-refractivity contribution in [3.63, 3.8) is 0 Å². The Morgan fingerprint density at radius 3 is 2.32 bits per heavy atom. The maximum absolute atomic E-state index is 12.8. The maximum atomic E-state index is 12.8. The first-order valence-electron chi connectivity index (χ1n) is 10.2. The van der Waals surface area contributed by atoms with Crippen molar-refractivity contribution < 1.29 is 29.3 Å². The van der Waals surface area contributed by atoms with Crippen LogP contribution in [0.3, 0.4) is 0 Å². The number of hydrogen-bond acceptors (Lipinski definition) is 5. The zero-order valence-corrected chi connectivity index (χ0v) is 18.5. The number of benzene rings is 1. The molecule has 1 aromatic carbocycles. The molecule has 0 bridgehead atoms. The molecule has 0 saturated heterocycles. The van der Waals surface area contributed by atoms with Gasteiger partial charge >= 0.3 is 18.0 Å². The van der Waals surface area contributed by atoms with Gasteiger partial charge in [0.05, 0.1) is 0 Å². The molecule has 0 radical (unpaired) electrons. The van der Waals surface area contributed by atoms with Gasteiger partial charge in [-0.1, -0.05) is 32.0 Å². The van der Waals surface area contributed by atoms with Crippen LogP contribution in [0.1, 0.15) is 46.6 Å². The fraction of sp³-hybridized carbons (Fsp3) is 0.500. The van der Waals surface area contributed by atoms with Crippen molar-refractivity contribution in [3.8, 4) is 0 Å². The number of nitrogens with one attached hydrogen (secondary N) is 2. The Bertz CT molecular complexity index is 931. The Morgan fingerprint density at radius 1 is 1.13 bits per heavy atom. The van der Waals surface area contributed by atoms with E-state index in [1.165, 1.54) is 0 Å². The number of fused-ring (bicyclic) bond motifs is 1. The fourth-order valence-electron chi connectivity index (χ4n) is 3.22. The van der Waals surface area contributed by atoms with Gasteiger partial charge in [-0.05, 0) is 44.7 Å². The van der Waals surface area contributed by atoms with Gasteiger partial charge in [0.25, 0.3) is 0 Å². The number of carboxylic acid groups (broad SMARTS) is 2. The summed E-state index contributed by atoms with van der Waals surface area (Å²) in [4.78, 5) is 39.9. The second kappa shape index (κ2) is 9.82. The highest BCUT2D eigenvalue weighted by Gasteiger charge is 2.36. The molecule has 1 amide bonds. The Morgan fingerprint density at radius 2 is 1.77 bits per heavy atom. The lowest BCUT2D eigenvalue weighted by Gasteiger charge is -2.34. The van der Waals surface area contributed by atoms with E-state index in [2.05, 4.69) is 10.4 Å². The number of carbonyl (C=O) groups excluding carboxylic acids is 1. The number of hydrogen-bond donors (Lipinski definition) is 4. The number of aromatic nitrogens is 1. The standard InChI is InChI=1S/C22H31N3O6/c1-13(2)10-18(20(28)29)25(21(30)31-22(3,4)5)24-17(19(26)27)11-14-12-23-16-9-7-6-8-15(14)16/h6-9,12-13,17-18,23-24H,10-11H2,1-5H3,(H,26,27)(H,28,29)/t17-,18-/m0/s1. The van der Waals surface area contributed by atoms with Gasteiger partial charge in [-0.25, -0.2) is 20.0 Å². The van der Waals surface area contributed by atoms with Crippen molar-refractivity contribution in [1.82, 2.24) is 15.4 Å². The van der Waals surface area contributed by atoms with E-state index in [4.69, 9.17) is 4.74 Å². The smallest absolute Gasteiger partial charge is 0.425 e. The minimum absolute atomic E-state index is 0.0344. The van der Waals surface area contributed by atoms with E-state index < -0.39 is 35.7 Å². The average molecular weight is 434 g/mol. The number of amides is 1. The third-order valence-electron chi connectivity index (χ3n) is 4.57. The highest BCUT2D eigenvalue weighted by Crippen LogP contribution is 2.21. The zero-order valence-electron chi connectivity index (χ0n) is 18.5. The molecule has 170 valence electrons. The van der Waals surface area contributed by atoms with Gasteiger partial charge < -0.3 is 19.9 Å². The summed E-state index contributed by atoms with van der Waals surface area (Å²) in [5, 5.41) is 21.2. The van der Waals surface area contributed by atoms with Crippen molar-refractivity contribution in [1.29, 1.82) is 0 Å². The van der Waals surface area contributed by atoms with Gasteiger partial charge in [0.1, 0.15) is 17.7 Å². The van der Waals surface area contributed by atoms with Crippen molar-refractivity contribution in [2.45, 2.75) is 65.1 Å². The minimum atomic E-state index is -1.29. The largest absolute Gasteiger partial charge is 0.480 e. The summed E-state index contributed by atoms with van der Waals surface area (Å²) in [6.07, 6.45) is 0.932. The molecule has 0 spiro atoms. The first-order valence-corrected chi connectivity index (χ1v) is 10.2. The van der Waals surface area contributed by atoms with Crippen LogP contribution in [-0.2, 0) is 20.7 Å². The van der Waals surface area contributed by atoms with Crippen molar-refractivity contribution in [2.75, 3.05) is 0 Å². The monoisotopic (exact) mass is 433 g/mol. The minimum Gasteiger partial charge on any atom is -0.480 e. The quantitative estimate of drug-likeness (QED) is 0.446. The highest BCUT2D eigenvalue weighted by molar-refractivity contribution is 5.85. The van der Waals surface area contributed by atoms with E-state index in [0.29, 0.717) is 0 Å². The lowest BCUT2D eigenvalue weighted by Crippen LogP contribution is -2.59. The number of aliphatic carboxylic acids is 2. The van der Waals surface area contributed by atoms with E-state index in [1.807, 2.05) is 38.1 Å². The molecule has 9 heteroatoms. The number of ether oxygens (including phenoxy) is 1. The summed E-state index contributed by atoms with van der Waals surface area (Å²) in [6.45, 7) is 8.61. The number of para-hydroxylation sites is 1. The number of rotatable bonds is 9. The molecule has 1 heterocycles. The summed E-state index contributed by atoms with van der Waals surface area (Å²) in [6, 6.07) is 4.91. The lowest BCUT2D eigenvalue weighted by molar-refractivity contribution is -0.149. The van der Waals surface area contributed by atoms with Crippen LogP contribution in [0.4, 0.5) is 4.79 Å². The van der Waals surface area contributed by atoms with E-state index in [9.17, 15) is 24.6 Å². The van der Waals surface area contributed by atoms with Gasteiger partial charge in [-0.2, -0.15) is 0 Å². The molecule has 9 nitrogen and oxygen atoms in total. The number of carbonyl (C=O) groups is 3. The Balaban J connectivity index is 2.36. The number of aromatic amines is 1. The number of H-pyrrole nitrogens is 1. The van der Waals surface area contributed by atoms with Gasteiger partial charge in [0.15, 0.2) is 0 Å². The molecular weight excluding hydrogens is 402 g/mol. The van der Waals surface area contributed by atoms with E-state index in [-0.39, 0.29) is 18.8 Å². The molecule has 0 aliphatic heterocycles. The van der Waals surface area contributed by atoms with Crippen molar-refractivity contribution >= 4 is 28.9 Å². The molecule has 0 fully saturated rings. The summed E-state index contributed by atoms with van der Waals surface area (Å²) < 4.78 is 5.36. The molecule has 0 aliphatic carbocycles. The third-order valence-corrected chi connectivity index (χ3v) is 4.57. The molecule has 0 unspecified atom stereocenters. The lowest BCUT2D eigenvalue weighted by atomic mass is 10.0. The van der Waals surface area contributed by atoms with E-state index in [0.717, 1.165) is 21.5 Å².